The molecule has 0 aliphatic heterocycles. The van der Waals surface area contributed by atoms with Gasteiger partial charge in [-0.05, 0) is 24.6 Å². The van der Waals surface area contributed by atoms with Gasteiger partial charge in [0.2, 0.25) is 0 Å². The second-order valence-electron chi connectivity index (χ2n) is 4.09. The predicted molar refractivity (Wildman–Crippen MR) is 73.7 cm³/mol. The van der Waals surface area contributed by atoms with E-state index in [4.69, 9.17) is 5.73 Å². The fraction of sp³-hybridized carbons (Fsp3) is 0.143. The molecule has 1 unspecified atom stereocenters. The summed E-state index contributed by atoms with van der Waals surface area (Å²) in [5.74, 6) is 0. The Morgan fingerprint density at radius 3 is 2.67 bits per heavy atom. The zero-order valence-electron chi connectivity index (χ0n) is 9.89. The number of halogens is 1. The van der Waals surface area contributed by atoms with Gasteiger partial charge in [0.25, 0.3) is 0 Å². The molecule has 90 valence electrons. The van der Waals surface area contributed by atoms with E-state index in [0.29, 0.717) is 5.56 Å². The minimum atomic E-state index is -1.20. The van der Waals surface area contributed by atoms with E-state index in [1.165, 1.54) is 0 Å². The number of pyridine rings is 1. The van der Waals surface area contributed by atoms with E-state index in [-0.39, 0.29) is 0 Å². The van der Waals surface area contributed by atoms with Crippen LogP contribution in [0, 0.1) is 18.3 Å². The smallest absolute Gasteiger partial charge is 0.158 e. The summed E-state index contributed by atoms with van der Waals surface area (Å²) in [5, 5.41) is 9.52. The number of hydrogen-bond donors (Lipinski definition) is 1. The van der Waals surface area contributed by atoms with Crippen molar-refractivity contribution in [2.75, 3.05) is 0 Å². The van der Waals surface area contributed by atoms with Gasteiger partial charge in [-0.1, -0.05) is 34.1 Å². The van der Waals surface area contributed by atoms with Crippen molar-refractivity contribution in [1.29, 1.82) is 5.26 Å². The lowest BCUT2D eigenvalue weighted by molar-refractivity contribution is 0.684. The van der Waals surface area contributed by atoms with Crippen LogP contribution in [0.2, 0.25) is 0 Å². The maximum Gasteiger partial charge on any atom is 0.158 e. The molecule has 0 saturated heterocycles. The third-order valence-corrected chi connectivity index (χ3v) is 3.57. The first-order chi connectivity index (χ1) is 8.59. The number of hydrogen-bond acceptors (Lipinski definition) is 3. The molecule has 1 aromatic carbocycles. The largest absolute Gasteiger partial charge is 0.306 e. The number of nitrogens with zero attached hydrogens (tertiary/aromatic N) is 2. The Balaban J connectivity index is 2.70. The molecule has 2 rings (SSSR count). The maximum absolute atomic E-state index is 9.52. The molecule has 4 heteroatoms. The summed E-state index contributed by atoms with van der Waals surface area (Å²) in [4.78, 5) is 4.04. The van der Waals surface area contributed by atoms with Gasteiger partial charge in [-0.25, -0.2) is 0 Å². The molecule has 2 aromatic rings. The van der Waals surface area contributed by atoms with Crippen molar-refractivity contribution in [1.82, 2.24) is 4.98 Å². The Labute approximate surface area is 114 Å². The molecular formula is C14H12BrN3. The highest BCUT2D eigenvalue weighted by molar-refractivity contribution is 9.10. The number of aromatic nitrogens is 1. The molecule has 0 spiro atoms. The van der Waals surface area contributed by atoms with Crippen molar-refractivity contribution in [2.45, 2.75) is 12.5 Å². The molecule has 18 heavy (non-hydrogen) atoms. The second kappa shape index (κ2) is 4.89. The van der Waals surface area contributed by atoms with Crippen LogP contribution >= 0.6 is 15.9 Å². The average Bonchev–Trinajstić information content (AvgIpc) is 2.39. The van der Waals surface area contributed by atoms with E-state index >= 15 is 0 Å². The molecule has 0 saturated carbocycles. The topological polar surface area (TPSA) is 62.7 Å². The summed E-state index contributed by atoms with van der Waals surface area (Å²) in [6, 6.07) is 11.5. The molecule has 0 amide bonds. The molecule has 1 atom stereocenters. The van der Waals surface area contributed by atoms with Gasteiger partial charge in [0, 0.05) is 28.0 Å². The molecule has 1 heterocycles. The summed E-state index contributed by atoms with van der Waals surface area (Å²) in [5.41, 5.74) is 7.55. The van der Waals surface area contributed by atoms with Gasteiger partial charge < -0.3 is 5.73 Å². The number of nitriles is 1. The summed E-state index contributed by atoms with van der Waals surface area (Å²) in [7, 11) is 0. The SMILES string of the molecule is Cc1cccc(Br)c1C(N)(C#N)c1cccnc1. The Kier molecular flexibility index (Phi) is 3.46. The fourth-order valence-corrected chi connectivity index (χ4v) is 2.77. The number of rotatable bonds is 2. The summed E-state index contributed by atoms with van der Waals surface area (Å²) in [6.45, 7) is 1.94. The molecule has 0 fully saturated rings. The van der Waals surface area contributed by atoms with Crippen molar-refractivity contribution in [2.24, 2.45) is 5.73 Å². The first-order valence-electron chi connectivity index (χ1n) is 5.46. The summed E-state index contributed by atoms with van der Waals surface area (Å²) in [6.07, 6.45) is 3.29. The molecule has 0 radical (unpaired) electrons. The average molecular weight is 302 g/mol. The Morgan fingerprint density at radius 2 is 2.11 bits per heavy atom. The minimum Gasteiger partial charge on any atom is -0.306 e. The zero-order valence-corrected chi connectivity index (χ0v) is 11.5. The van der Waals surface area contributed by atoms with Gasteiger partial charge >= 0.3 is 0 Å². The number of nitrogens with two attached hydrogens (primary N) is 1. The highest BCUT2D eigenvalue weighted by Crippen LogP contribution is 2.33. The Morgan fingerprint density at radius 1 is 1.33 bits per heavy atom. The molecular weight excluding hydrogens is 290 g/mol. The highest BCUT2D eigenvalue weighted by Gasteiger charge is 2.33. The normalized spacial score (nSPS) is 13.7. The molecule has 0 aliphatic carbocycles. The summed E-state index contributed by atoms with van der Waals surface area (Å²) >= 11 is 3.47. The fourth-order valence-electron chi connectivity index (χ4n) is 1.99. The van der Waals surface area contributed by atoms with Crippen LogP contribution in [-0.2, 0) is 5.54 Å². The third-order valence-electron chi connectivity index (χ3n) is 2.91. The van der Waals surface area contributed by atoms with E-state index < -0.39 is 5.54 Å². The van der Waals surface area contributed by atoms with E-state index in [1.54, 1.807) is 18.5 Å². The molecule has 2 N–H and O–H groups in total. The zero-order chi connectivity index (χ0) is 13.2. The molecule has 0 aliphatic rings. The van der Waals surface area contributed by atoms with Crippen molar-refractivity contribution in [3.63, 3.8) is 0 Å². The van der Waals surface area contributed by atoms with Gasteiger partial charge in [0.05, 0.1) is 6.07 Å². The number of benzene rings is 1. The lowest BCUT2D eigenvalue weighted by Crippen LogP contribution is -2.37. The van der Waals surface area contributed by atoms with Gasteiger partial charge in [0.1, 0.15) is 0 Å². The lowest BCUT2D eigenvalue weighted by atomic mass is 9.83. The Hall–Kier alpha value is -1.70. The van der Waals surface area contributed by atoms with Crippen molar-refractivity contribution >= 4 is 15.9 Å². The quantitative estimate of drug-likeness (QED) is 0.927. The van der Waals surface area contributed by atoms with Gasteiger partial charge in [-0.2, -0.15) is 5.26 Å². The van der Waals surface area contributed by atoms with E-state index in [1.807, 2.05) is 31.2 Å². The lowest BCUT2D eigenvalue weighted by Gasteiger charge is -2.25. The molecule has 3 nitrogen and oxygen atoms in total. The van der Waals surface area contributed by atoms with Crippen LogP contribution in [0.3, 0.4) is 0 Å². The first-order valence-corrected chi connectivity index (χ1v) is 6.25. The van der Waals surface area contributed by atoms with Crippen LogP contribution < -0.4 is 5.73 Å². The van der Waals surface area contributed by atoms with Gasteiger partial charge in [-0.3, -0.25) is 4.98 Å². The predicted octanol–water partition coefficient (Wildman–Crippen LogP) is 2.88. The Bertz CT molecular complexity index is 584. The molecule has 0 bridgehead atoms. The second-order valence-corrected chi connectivity index (χ2v) is 4.95. The van der Waals surface area contributed by atoms with Crippen molar-refractivity contribution in [3.8, 4) is 6.07 Å². The van der Waals surface area contributed by atoms with Crippen LogP contribution in [0.4, 0.5) is 0 Å². The van der Waals surface area contributed by atoms with Crippen LogP contribution in [0.15, 0.2) is 47.2 Å². The van der Waals surface area contributed by atoms with Crippen LogP contribution in [-0.4, -0.2) is 4.98 Å². The van der Waals surface area contributed by atoms with Crippen LogP contribution in [0.25, 0.3) is 0 Å². The standard InChI is InChI=1S/C14H12BrN3/c1-10-4-2-6-12(15)13(10)14(17,9-16)11-5-3-7-18-8-11/h2-8H,17H2,1H3. The minimum absolute atomic E-state index is 0.683. The highest BCUT2D eigenvalue weighted by atomic mass is 79.9. The van der Waals surface area contributed by atoms with E-state index in [0.717, 1.165) is 15.6 Å². The van der Waals surface area contributed by atoms with Crippen LogP contribution in [0.1, 0.15) is 16.7 Å². The summed E-state index contributed by atoms with van der Waals surface area (Å²) < 4.78 is 0.829. The van der Waals surface area contributed by atoms with Crippen molar-refractivity contribution in [3.05, 3.63) is 63.9 Å². The van der Waals surface area contributed by atoms with E-state index in [9.17, 15) is 5.26 Å². The van der Waals surface area contributed by atoms with E-state index in [2.05, 4.69) is 27.0 Å². The molecule has 1 aromatic heterocycles. The first kappa shape index (κ1) is 12.7. The van der Waals surface area contributed by atoms with Gasteiger partial charge in [-0.15, -0.1) is 0 Å². The maximum atomic E-state index is 9.52. The monoisotopic (exact) mass is 301 g/mol. The van der Waals surface area contributed by atoms with Crippen molar-refractivity contribution < 1.29 is 0 Å². The van der Waals surface area contributed by atoms with Crippen LogP contribution in [0.5, 0.6) is 0 Å². The van der Waals surface area contributed by atoms with Gasteiger partial charge in [0.15, 0.2) is 5.54 Å². The number of aryl methyl sites for hydroxylation is 1. The third kappa shape index (κ3) is 2.03.